The van der Waals surface area contributed by atoms with Crippen LogP contribution in [0.25, 0.3) is 16.9 Å². The molecule has 1 aliphatic heterocycles. The smallest absolute Gasteiger partial charge is 0.278 e. The van der Waals surface area contributed by atoms with E-state index >= 15 is 0 Å². The molecule has 0 radical (unpaired) electrons. The molecule has 27 heavy (non-hydrogen) atoms. The molecule has 1 atom stereocenters. The fourth-order valence-electron chi connectivity index (χ4n) is 3.00. The van der Waals surface area contributed by atoms with Crippen molar-refractivity contribution in [1.29, 1.82) is 0 Å². The van der Waals surface area contributed by atoms with Gasteiger partial charge in [0.15, 0.2) is 16.6 Å². The van der Waals surface area contributed by atoms with Gasteiger partial charge in [-0.3, -0.25) is 4.79 Å². The Hall–Kier alpha value is -2.65. The summed E-state index contributed by atoms with van der Waals surface area (Å²) in [5, 5.41) is 1.02. The van der Waals surface area contributed by atoms with E-state index in [1.165, 1.54) is 11.8 Å². The van der Waals surface area contributed by atoms with E-state index in [0.29, 0.717) is 47.6 Å². The van der Waals surface area contributed by atoms with E-state index in [9.17, 15) is 4.79 Å². The zero-order valence-electron chi connectivity index (χ0n) is 14.9. The summed E-state index contributed by atoms with van der Waals surface area (Å²) >= 11 is 1.41. The number of pyridine rings is 1. The van der Waals surface area contributed by atoms with Crippen molar-refractivity contribution in [1.82, 2.24) is 24.3 Å². The topological polar surface area (TPSA) is 84.1 Å². The summed E-state index contributed by atoms with van der Waals surface area (Å²) in [5.74, 6) is 1.03. The van der Waals surface area contributed by atoms with Crippen LogP contribution in [0.1, 0.15) is 6.42 Å². The Bertz CT molecular complexity index is 1040. The van der Waals surface area contributed by atoms with Gasteiger partial charge < -0.3 is 9.47 Å². The van der Waals surface area contributed by atoms with Gasteiger partial charge in [-0.05, 0) is 12.3 Å². The molecule has 4 rings (SSSR count). The van der Waals surface area contributed by atoms with E-state index in [1.807, 2.05) is 18.4 Å². The molecule has 3 aromatic heterocycles. The van der Waals surface area contributed by atoms with Crippen molar-refractivity contribution in [3.05, 3.63) is 47.4 Å². The number of hydrogen-bond acceptors (Lipinski definition) is 7. The molecule has 1 saturated heterocycles. The summed E-state index contributed by atoms with van der Waals surface area (Å²) in [6.45, 7) is 5.33. The highest BCUT2D eigenvalue weighted by atomic mass is 32.2. The molecule has 0 N–H and O–H groups in total. The Morgan fingerprint density at radius 2 is 2.33 bits per heavy atom. The van der Waals surface area contributed by atoms with E-state index < -0.39 is 0 Å². The Morgan fingerprint density at radius 3 is 3.07 bits per heavy atom. The fourth-order valence-corrected chi connectivity index (χ4v) is 3.33. The summed E-state index contributed by atoms with van der Waals surface area (Å²) in [6, 6.07) is 5.46. The number of aromatic nitrogens is 5. The molecule has 3 aromatic rings. The summed E-state index contributed by atoms with van der Waals surface area (Å²) in [7, 11) is 0. The predicted molar refractivity (Wildman–Crippen MR) is 103 cm³/mol. The average Bonchev–Trinajstić information content (AvgIpc) is 3.29. The minimum absolute atomic E-state index is 0.00468. The molecule has 8 nitrogen and oxygen atoms in total. The SMILES string of the molecule is C=CCn1c(=O)c2cnc(SC)nc2n1-c1cccc(OC2CCOC2)n1. The molecular formula is C18H19N5O3S. The molecule has 1 aliphatic rings. The third-order valence-electron chi connectivity index (χ3n) is 4.24. The van der Waals surface area contributed by atoms with Crippen molar-refractivity contribution in [3.63, 3.8) is 0 Å². The summed E-state index contributed by atoms with van der Waals surface area (Å²) in [6.07, 6.45) is 5.94. The second kappa shape index (κ2) is 7.53. The van der Waals surface area contributed by atoms with Gasteiger partial charge in [0.05, 0.1) is 19.8 Å². The number of fused-ring (bicyclic) bond motifs is 1. The largest absolute Gasteiger partial charge is 0.472 e. The van der Waals surface area contributed by atoms with Crippen molar-refractivity contribution in [2.45, 2.75) is 24.2 Å². The first kappa shape index (κ1) is 17.7. The van der Waals surface area contributed by atoms with Crippen LogP contribution in [0.3, 0.4) is 0 Å². The minimum atomic E-state index is -0.185. The second-order valence-corrected chi connectivity index (χ2v) is 6.79. The Balaban J connectivity index is 1.85. The first-order chi connectivity index (χ1) is 13.2. The molecule has 1 unspecified atom stereocenters. The first-order valence-electron chi connectivity index (χ1n) is 8.56. The standard InChI is InChI=1S/C18H19N5O3S/c1-3-8-22-17(24)13-10-19-18(27-2)21-16(13)23(22)14-5-4-6-15(20-14)26-12-7-9-25-11-12/h3-6,10,12H,1,7-9,11H2,2H3. The van der Waals surface area contributed by atoms with Gasteiger partial charge in [-0.1, -0.05) is 23.9 Å². The molecule has 1 fully saturated rings. The Morgan fingerprint density at radius 1 is 1.44 bits per heavy atom. The third kappa shape index (κ3) is 3.35. The second-order valence-electron chi connectivity index (χ2n) is 6.02. The summed E-state index contributed by atoms with van der Waals surface area (Å²) in [5.41, 5.74) is 0.324. The van der Waals surface area contributed by atoms with Crippen molar-refractivity contribution in [2.75, 3.05) is 19.5 Å². The Labute approximate surface area is 159 Å². The lowest BCUT2D eigenvalue weighted by Crippen LogP contribution is -2.22. The molecule has 0 saturated carbocycles. The minimum Gasteiger partial charge on any atom is -0.472 e. The quantitative estimate of drug-likeness (QED) is 0.365. The lowest BCUT2D eigenvalue weighted by atomic mass is 10.3. The maximum absolute atomic E-state index is 12.8. The maximum Gasteiger partial charge on any atom is 0.278 e. The van der Waals surface area contributed by atoms with Gasteiger partial charge in [-0.2, -0.15) is 4.98 Å². The van der Waals surface area contributed by atoms with Crippen molar-refractivity contribution in [2.24, 2.45) is 0 Å². The number of rotatable bonds is 6. The predicted octanol–water partition coefficient (Wildman–Crippen LogP) is 2.05. The molecule has 140 valence electrons. The van der Waals surface area contributed by atoms with Gasteiger partial charge in [-0.15, -0.1) is 6.58 Å². The fraction of sp³-hybridized carbons (Fsp3) is 0.333. The summed E-state index contributed by atoms with van der Waals surface area (Å²) in [4.78, 5) is 26.1. The molecule has 0 aliphatic carbocycles. The van der Waals surface area contributed by atoms with Crippen LogP contribution in [0.5, 0.6) is 5.88 Å². The normalized spacial score (nSPS) is 16.7. The van der Waals surface area contributed by atoms with Gasteiger partial charge in [-0.25, -0.2) is 19.3 Å². The maximum atomic E-state index is 12.8. The highest BCUT2D eigenvalue weighted by Crippen LogP contribution is 2.20. The number of ether oxygens (including phenoxy) is 2. The van der Waals surface area contributed by atoms with Crippen LogP contribution >= 0.6 is 11.8 Å². The number of thioether (sulfide) groups is 1. The molecule has 4 heterocycles. The summed E-state index contributed by atoms with van der Waals surface area (Å²) < 4.78 is 14.5. The zero-order chi connectivity index (χ0) is 18.8. The van der Waals surface area contributed by atoms with Gasteiger partial charge in [0.2, 0.25) is 5.88 Å². The van der Waals surface area contributed by atoms with E-state index in [2.05, 4.69) is 21.5 Å². The van der Waals surface area contributed by atoms with Gasteiger partial charge in [0.1, 0.15) is 11.5 Å². The highest BCUT2D eigenvalue weighted by molar-refractivity contribution is 7.98. The third-order valence-corrected chi connectivity index (χ3v) is 4.80. The van der Waals surface area contributed by atoms with Crippen LogP contribution in [0.2, 0.25) is 0 Å². The van der Waals surface area contributed by atoms with E-state index in [4.69, 9.17) is 9.47 Å². The van der Waals surface area contributed by atoms with Crippen LogP contribution < -0.4 is 10.3 Å². The van der Waals surface area contributed by atoms with Crippen LogP contribution in [0.4, 0.5) is 0 Å². The van der Waals surface area contributed by atoms with Crippen LogP contribution in [0.15, 0.2) is 47.0 Å². The van der Waals surface area contributed by atoms with E-state index in [-0.39, 0.29) is 11.7 Å². The molecule has 0 amide bonds. The first-order valence-corrected chi connectivity index (χ1v) is 9.79. The van der Waals surface area contributed by atoms with Crippen LogP contribution in [-0.4, -0.2) is 49.9 Å². The monoisotopic (exact) mass is 385 g/mol. The highest BCUT2D eigenvalue weighted by Gasteiger charge is 2.20. The molecule has 0 bridgehead atoms. The van der Waals surface area contributed by atoms with Gasteiger partial charge >= 0.3 is 0 Å². The number of hydrogen-bond donors (Lipinski definition) is 0. The zero-order valence-corrected chi connectivity index (χ0v) is 15.7. The van der Waals surface area contributed by atoms with E-state index in [0.717, 1.165) is 6.42 Å². The lowest BCUT2D eigenvalue weighted by Gasteiger charge is -2.14. The number of allylic oxidation sites excluding steroid dienone is 1. The van der Waals surface area contributed by atoms with Crippen LogP contribution in [0, 0.1) is 0 Å². The van der Waals surface area contributed by atoms with Crippen LogP contribution in [-0.2, 0) is 11.3 Å². The molecule has 0 aromatic carbocycles. The average molecular weight is 385 g/mol. The van der Waals surface area contributed by atoms with Crippen molar-refractivity contribution < 1.29 is 9.47 Å². The Kier molecular flexibility index (Phi) is 4.95. The molecular weight excluding hydrogens is 366 g/mol. The number of nitrogens with zero attached hydrogens (tertiary/aromatic N) is 5. The van der Waals surface area contributed by atoms with Gasteiger partial charge in [0.25, 0.3) is 5.56 Å². The van der Waals surface area contributed by atoms with Crippen molar-refractivity contribution in [3.8, 4) is 11.7 Å². The van der Waals surface area contributed by atoms with Gasteiger partial charge in [0, 0.05) is 18.7 Å². The van der Waals surface area contributed by atoms with E-state index in [1.54, 1.807) is 27.7 Å². The lowest BCUT2D eigenvalue weighted by molar-refractivity contribution is 0.138. The molecule has 0 spiro atoms. The molecule has 9 heteroatoms. The van der Waals surface area contributed by atoms with Crippen molar-refractivity contribution >= 4 is 22.8 Å².